The number of halogens is 2. The van der Waals surface area contributed by atoms with Crippen molar-refractivity contribution in [2.75, 3.05) is 23.9 Å². The quantitative estimate of drug-likeness (QED) is 0.707. The summed E-state index contributed by atoms with van der Waals surface area (Å²) in [5.74, 6) is 0.649. The highest BCUT2D eigenvalue weighted by Crippen LogP contribution is 2.40. The highest BCUT2D eigenvalue weighted by atomic mass is 35.5. The molecule has 28 heavy (non-hydrogen) atoms. The molecule has 144 valence electrons. The maximum atomic E-state index is 14.6. The molecule has 0 atom stereocenters. The number of benzene rings is 2. The number of hydrogen-bond donors (Lipinski definition) is 1. The molecule has 1 aromatic heterocycles. The Morgan fingerprint density at radius 3 is 2.89 bits per heavy atom. The average molecular weight is 401 g/mol. The first-order chi connectivity index (χ1) is 13.5. The topological polar surface area (TPSA) is 59.4 Å². The summed E-state index contributed by atoms with van der Waals surface area (Å²) < 4.78 is 22.2. The highest BCUT2D eigenvalue weighted by molar-refractivity contribution is 6.34. The Labute approximate surface area is 165 Å². The minimum Gasteiger partial charge on any atom is -0.481 e. The minimum absolute atomic E-state index is 0.0365. The minimum atomic E-state index is -0.411. The van der Waals surface area contributed by atoms with Crippen LogP contribution in [-0.2, 0) is 11.3 Å². The number of carbonyl (C=O) groups excluding carboxylic acids is 1. The Balaban J connectivity index is 1.51. The van der Waals surface area contributed by atoms with Gasteiger partial charge in [-0.3, -0.25) is 4.79 Å². The maximum absolute atomic E-state index is 14.6. The fourth-order valence-electron chi connectivity index (χ4n) is 3.43. The first-order valence-electron chi connectivity index (χ1n) is 9.14. The summed E-state index contributed by atoms with van der Waals surface area (Å²) in [5, 5.41) is 3.43. The first kappa shape index (κ1) is 17.3. The van der Waals surface area contributed by atoms with E-state index in [1.54, 1.807) is 31.6 Å². The molecule has 2 heterocycles. The molecular formula is C20H18ClFN4O2. The van der Waals surface area contributed by atoms with Gasteiger partial charge in [-0.15, -0.1) is 0 Å². The molecular weight excluding hydrogens is 383 g/mol. The van der Waals surface area contributed by atoms with E-state index in [0.29, 0.717) is 39.3 Å². The number of carbonyl (C=O) groups is 1. The number of ether oxygens (including phenoxy) is 1. The number of rotatable bonds is 4. The highest BCUT2D eigenvalue weighted by Gasteiger charge is 2.25. The number of aromatic nitrogens is 2. The van der Waals surface area contributed by atoms with Crippen molar-refractivity contribution in [1.29, 1.82) is 0 Å². The van der Waals surface area contributed by atoms with E-state index in [-0.39, 0.29) is 12.5 Å². The van der Waals surface area contributed by atoms with Gasteiger partial charge in [0.05, 0.1) is 39.4 Å². The maximum Gasteiger partial charge on any atom is 0.264 e. The van der Waals surface area contributed by atoms with Crippen molar-refractivity contribution in [2.24, 2.45) is 5.92 Å². The molecule has 5 rings (SSSR count). The van der Waals surface area contributed by atoms with Crippen molar-refractivity contribution in [2.45, 2.75) is 19.4 Å². The van der Waals surface area contributed by atoms with Crippen molar-refractivity contribution in [3.05, 3.63) is 41.4 Å². The molecule has 0 unspecified atom stereocenters. The monoisotopic (exact) mass is 400 g/mol. The second-order valence-corrected chi connectivity index (χ2v) is 7.73. The molecule has 3 aromatic rings. The van der Waals surface area contributed by atoms with Crippen LogP contribution in [0.1, 0.15) is 12.8 Å². The van der Waals surface area contributed by atoms with E-state index in [1.165, 1.54) is 23.8 Å². The van der Waals surface area contributed by atoms with E-state index >= 15 is 0 Å². The van der Waals surface area contributed by atoms with E-state index in [0.717, 1.165) is 12.1 Å². The van der Waals surface area contributed by atoms with Gasteiger partial charge in [0, 0.05) is 25.7 Å². The summed E-state index contributed by atoms with van der Waals surface area (Å²) in [6, 6.07) is 6.51. The van der Waals surface area contributed by atoms with Crippen LogP contribution < -0.4 is 15.0 Å². The molecule has 1 fully saturated rings. The fraction of sp³-hybridized carbons (Fsp3) is 0.300. The van der Waals surface area contributed by atoms with Gasteiger partial charge in [0.15, 0.2) is 6.61 Å². The summed E-state index contributed by atoms with van der Waals surface area (Å²) in [7, 11) is 1.67. The summed E-state index contributed by atoms with van der Waals surface area (Å²) in [4.78, 5) is 17.6. The molecule has 0 saturated heterocycles. The Bertz CT molecular complexity index is 1110. The molecule has 1 saturated carbocycles. The van der Waals surface area contributed by atoms with Crippen LogP contribution in [0.5, 0.6) is 5.75 Å². The molecule has 1 N–H and O–H groups in total. The third-order valence-electron chi connectivity index (χ3n) is 5.27. The number of imidazole rings is 1. The van der Waals surface area contributed by atoms with Crippen molar-refractivity contribution in [1.82, 2.24) is 9.55 Å². The molecule has 8 heteroatoms. The number of nitrogens with zero attached hydrogens (tertiary/aromatic N) is 3. The van der Waals surface area contributed by atoms with Crippen molar-refractivity contribution in [3.63, 3.8) is 0 Å². The number of nitrogens with one attached hydrogen (secondary N) is 1. The van der Waals surface area contributed by atoms with E-state index in [1.807, 2.05) is 0 Å². The lowest BCUT2D eigenvalue weighted by Gasteiger charge is -2.27. The van der Waals surface area contributed by atoms with Crippen LogP contribution in [0.25, 0.3) is 11.0 Å². The van der Waals surface area contributed by atoms with Gasteiger partial charge in [-0.2, -0.15) is 0 Å². The van der Waals surface area contributed by atoms with Gasteiger partial charge in [0.25, 0.3) is 5.91 Å². The predicted octanol–water partition coefficient (Wildman–Crippen LogP) is 4.34. The largest absolute Gasteiger partial charge is 0.481 e. The average Bonchev–Trinajstić information content (AvgIpc) is 3.41. The van der Waals surface area contributed by atoms with Gasteiger partial charge >= 0.3 is 0 Å². The van der Waals surface area contributed by atoms with E-state index in [4.69, 9.17) is 16.3 Å². The van der Waals surface area contributed by atoms with Crippen LogP contribution in [0.2, 0.25) is 5.02 Å². The SMILES string of the molecule is CN1C(=O)COc2cc(Nc3cc4c(cc3F)ncn4CC3CC3)c(Cl)cc21. The normalized spacial score (nSPS) is 16.2. The molecule has 6 nitrogen and oxygen atoms in total. The van der Waals surface area contributed by atoms with Gasteiger partial charge in [-0.05, 0) is 30.9 Å². The van der Waals surface area contributed by atoms with Crippen molar-refractivity contribution in [3.8, 4) is 5.75 Å². The number of hydrogen-bond acceptors (Lipinski definition) is 4. The summed E-state index contributed by atoms with van der Waals surface area (Å²) in [6.07, 6.45) is 4.22. The van der Waals surface area contributed by atoms with Crippen molar-refractivity contribution < 1.29 is 13.9 Å². The molecule has 0 radical (unpaired) electrons. The third-order valence-corrected chi connectivity index (χ3v) is 5.58. The Hall–Kier alpha value is -2.80. The zero-order valence-corrected chi connectivity index (χ0v) is 16.0. The number of amides is 1. The summed E-state index contributed by atoms with van der Waals surface area (Å²) in [5.41, 5.74) is 2.92. The van der Waals surface area contributed by atoms with Gasteiger partial charge in [0.1, 0.15) is 11.6 Å². The van der Waals surface area contributed by atoms with Crippen LogP contribution in [0, 0.1) is 11.7 Å². The third kappa shape index (κ3) is 2.96. The Morgan fingerprint density at radius 1 is 1.29 bits per heavy atom. The number of fused-ring (bicyclic) bond motifs is 2. The molecule has 2 aliphatic rings. The molecule has 1 amide bonds. The smallest absolute Gasteiger partial charge is 0.264 e. The Morgan fingerprint density at radius 2 is 2.11 bits per heavy atom. The molecule has 1 aliphatic carbocycles. The van der Waals surface area contributed by atoms with E-state index < -0.39 is 5.82 Å². The number of likely N-dealkylation sites (N-methyl/N-ethyl adjacent to an activating group) is 1. The lowest BCUT2D eigenvalue weighted by molar-refractivity contribution is -0.120. The predicted molar refractivity (Wildman–Crippen MR) is 106 cm³/mol. The molecule has 2 aromatic carbocycles. The van der Waals surface area contributed by atoms with Crippen LogP contribution in [0.3, 0.4) is 0 Å². The summed E-state index contributed by atoms with van der Waals surface area (Å²) in [6.45, 7) is 0.862. The first-order valence-corrected chi connectivity index (χ1v) is 9.51. The van der Waals surface area contributed by atoms with Crippen LogP contribution in [0.4, 0.5) is 21.5 Å². The summed E-state index contributed by atoms with van der Waals surface area (Å²) >= 11 is 6.39. The number of anilines is 3. The zero-order valence-electron chi connectivity index (χ0n) is 15.2. The van der Waals surface area contributed by atoms with E-state index in [2.05, 4.69) is 14.9 Å². The van der Waals surface area contributed by atoms with Gasteiger partial charge < -0.3 is 19.5 Å². The molecule has 0 spiro atoms. The standard InChI is InChI=1S/C20H18ClFN4O2/c1-25-18-4-12(21)14(7-19(18)28-9-20(25)27)24-15-6-17-16(5-13(15)22)23-10-26(17)8-11-2-3-11/h4-7,10-11,24H,2-3,8-9H2,1H3. The zero-order chi connectivity index (χ0) is 19.4. The van der Waals surface area contributed by atoms with Crippen LogP contribution >= 0.6 is 11.6 Å². The Kier molecular flexibility index (Phi) is 3.94. The van der Waals surface area contributed by atoms with Crippen molar-refractivity contribution >= 4 is 45.6 Å². The molecule has 0 bridgehead atoms. The second-order valence-electron chi connectivity index (χ2n) is 7.33. The van der Waals surface area contributed by atoms with Crippen LogP contribution in [-0.4, -0.2) is 29.1 Å². The second kappa shape index (κ2) is 6.38. The fourth-order valence-corrected chi connectivity index (χ4v) is 3.64. The lowest BCUT2D eigenvalue weighted by atomic mass is 10.2. The van der Waals surface area contributed by atoms with Crippen LogP contribution in [0.15, 0.2) is 30.6 Å². The van der Waals surface area contributed by atoms with Gasteiger partial charge in [-0.25, -0.2) is 9.37 Å². The molecule has 1 aliphatic heterocycles. The van der Waals surface area contributed by atoms with Gasteiger partial charge in [0.2, 0.25) is 0 Å². The van der Waals surface area contributed by atoms with E-state index in [9.17, 15) is 9.18 Å². The lowest BCUT2D eigenvalue weighted by Crippen LogP contribution is -2.35. The van der Waals surface area contributed by atoms with Gasteiger partial charge in [-0.1, -0.05) is 11.6 Å².